The van der Waals surface area contributed by atoms with E-state index in [0.717, 1.165) is 17.8 Å². The first kappa shape index (κ1) is 15.0. The molecule has 1 amide bonds. The molecule has 0 radical (unpaired) electrons. The Kier molecular flexibility index (Phi) is 4.93. The minimum atomic E-state index is -0.0931. The zero-order valence-electron chi connectivity index (χ0n) is 12.7. The predicted octanol–water partition coefficient (Wildman–Crippen LogP) is 3.66. The molecule has 1 atom stereocenters. The van der Waals surface area contributed by atoms with Crippen LogP contribution in [-0.2, 0) is 0 Å². The highest BCUT2D eigenvalue weighted by Crippen LogP contribution is 2.17. The van der Waals surface area contributed by atoms with E-state index < -0.39 is 0 Å². The summed E-state index contributed by atoms with van der Waals surface area (Å²) in [5, 5.41) is 6.19. The average molecular weight is 283 g/mol. The molecule has 0 saturated heterocycles. The predicted molar refractivity (Wildman–Crippen MR) is 85.9 cm³/mol. The van der Waals surface area contributed by atoms with Gasteiger partial charge in [0.1, 0.15) is 0 Å². The molecule has 1 aromatic heterocycles. The molecule has 4 nitrogen and oxygen atoms in total. The standard InChI is InChI=1S/C17H21N3O/c1-4-13(3)19-17(21)14-9-16(11-18-10-14)20-15-7-5-12(2)6-8-15/h5-11,13,20H,4H2,1-3H3,(H,19,21). The third kappa shape index (κ3) is 4.31. The molecule has 0 spiro atoms. The molecular weight excluding hydrogens is 262 g/mol. The molecule has 110 valence electrons. The highest BCUT2D eigenvalue weighted by Gasteiger charge is 2.09. The molecule has 0 aliphatic heterocycles. The molecule has 2 rings (SSSR count). The van der Waals surface area contributed by atoms with Crippen LogP contribution in [0.3, 0.4) is 0 Å². The molecule has 2 N–H and O–H groups in total. The van der Waals surface area contributed by atoms with Crippen molar-refractivity contribution in [1.29, 1.82) is 0 Å². The lowest BCUT2D eigenvalue weighted by Crippen LogP contribution is -2.31. The highest BCUT2D eigenvalue weighted by molar-refractivity contribution is 5.95. The zero-order valence-corrected chi connectivity index (χ0v) is 12.7. The van der Waals surface area contributed by atoms with E-state index in [1.54, 1.807) is 12.4 Å². The summed E-state index contributed by atoms with van der Waals surface area (Å²) in [4.78, 5) is 16.2. The largest absolute Gasteiger partial charge is 0.354 e. The molecule has 1 aromatic carbocycles. The quantitative estimate of drug-likeness (QED) is 0.880. The number of benzene rings is 1. The lowest BCUT2D eigenvalue weighted by molar-refractivity contribution is 0.0939. The van der Waals surface area contributed by atoms with Gasteiger partial charge in [0.05, 0.1) is 17.4 Å². The van der Waals surface area contributed by atoms with Gasteiger partial charge in [-0.05, 0) is 38.5 Å². The number of carbonyl (C=O) groups excluding carboxylic acids is 1. The molecule has 0 bridgehead atoms. The van der Waals surface area contributed by atoms with Crippen LogP contribution in [0.2, 0.25) is 0 Å². The first-order valence-corrected chi connectivity index (χ1v) is 7.18. The number of hydrogen-bond acceptors (Lipinski definition) is 3. The minimum absolute atomic E-state index is 0.0931. The number of anilines is 2. The van der Waals surface area contributed by atoms with Crippen molar-refractivity contribution < 1.29 is 4.79 Å². The maximum absolute atomic E-state index is 12.1. The van der Waals surface area contributed by atoms with E-state index in [2.05, 4.69) is 15.6 Å². The maximum atomic E-state index is 12.1. The molecule has 0 aliphatic carbocycles. The van der Waals surface area contributed by atoms with Crippen LogP contribution in [0, 0.1) is 6.92 Å². The van der Waals surface area contributed by atoms with Crippen molar-refractivity contribution in [1.82, 2.24) is 10.3 Å². The van der Waals surface area contributed by atoms with Crippen molar-refractivity contribution in [3.63, 3.8) is 0 Å². The van der Waals surface area contributed by atoms with Crippen LogP contribution in [0.5, 0.6) is 0 Å². The van der Waals surface area contributed by atoms with Crippen LogP contribution in [0.4, 0.5) is 11.4 Å². The maximum Gasteiger partial charge on any atom is 0.253 e. The fourth-order valence-electron chi connectivity index (χ4n) is 1.85. The topological polar surface area (TPSA) is 54.0 Å². The normalized spacial score (nSPS) is 11.8. The zero-order chi connectivity index (χ0) is 15.2. The molecule has 1 unspecified atom stereocenters. The number of hydrogen-bond donors (Lipinski definition) is 2. The fraction of sp³-hybridized carbons (Fsp3) is 0.294. The van der Waals surface area contributed by atoms with Crippen LogP contribution in [-0.4, -0.2) is 16.9 Å². The Balaban J connectivity index is 2.10. The molecule has 1 heterocycles. The minimum Gasteiger partial charge on any atom is -0.354 e. The second-order valence-electron chi connectivity index (χ2n) is 5.24. The van der Waals surface area contributed by atoms with Crippen LogP contribution in [0.15, 0.2) is 42.7 Å². The summed E-state index contributed by atoms with van der Waals surface area (Å²) in [6, 6.07) is 10.0. The molecule has 0 saturated carbocycles. The van der Waals surface area contributed by atoms with Crippen molar-refractivity contribution in [2.75, 3.05) is 5.32 Å². The van der Waals surface area contributed by atoms with Gasteiger partial charge in [0.15, 0.2) is 0 Å². The number of rotatable bonds is 5. The number of pyridine rings is 1. The summed E-state index contributed by atoms with van der Waals surface area (Å²) < 4.78 is 0. The van der Waals surface area contributed by atoms with Crippen molar-refractivity contribution in [3.05, 3.63) is 53.9 Å². The van der Waals surface area contributed by atoms with E-state index in [1.807, 2.05) is 51.1 Å². The summed E-state index contributed by atoms with van der Waals surface area (Å²) in [5.74, 6) is -0.0931. The molecule has 2 aromatic rings. The number of carbonyl (C=O) groups is 1. The van der Waals surface area contributed by atoms with E-state index in [0.29, 0.717) is 5.56 Å². The van der Waals surface area contributed by atoms with Gasteiger partial charge in [0, 0.05) is 17.9 Å². The summed E-state index contributed by atoms with van der Waals surface area (Å²) in [6.45, 7) is 6.07. The Hall–Kier alpha value is -2.36. The van der Waals surface area contributed by atoms with Crippen LogP contribution in [0.1, 0.15) is 36.2 Å². The van der Waals surface area contributed by atoms with Gasteiger partial charge in [-0.1, -0.05) is 24.6 Å². The number of nitrogens with one attached hydrogen (secondary N) is 2. The van der Waals surface area contributed by atoms with E-state index in [4.69, 9.17) is 0 Å². The first-order valence-electron chi connectivity index (χ1n) is 7.18. The lowest BCUT2D eigenvalue weighted by atomic mass is 10.2. The fourth-order valence-corrected chi connectivity index (χ4v) is 1.85. The van der Waals surface area contributed by atoms with Crippen molar-refractivity contribution >= 4 is 17.3 Å². The van der Waals surface area contributed by atoms with Gasteiger partial charge in [-0.3, -0.25) is 9.78 Å². The second-order valence-corrected chi connectivity index (χ2v) is 5.24. The van der Waals surface area contributed by atoms with Gasteiger partial charge in [0.2, 0.25) is 0 Å². The first-order chi connectivity index (χ1) is 10.1. The molecular formula is C17H21N3O. The number of aryl methyl sites for hydroxylation is 1. The number of nitrogens with zero attached hydrogens (tertiary/aromatic N) is 1. The van der Waals surface area contributed by atoms with Gasteiger partial charge in [0.25, 0.3) is 5.91 Å². The summed E-state index contributed by atoms with van der Waals surface area (Å²) in [7, 11) is 0. The van der Waals surface area contributed by atoms with Gasteiger partial charge in [-0.15, -0.1) is 0 Å². The SMILES string of the molecule is CCC(C)NC(=O)c1cncc(Nc2ccc(C)cc2)c1. The van der Waals surface area contributed by atoms with Gasteiger partial charge < -0.3 is 10.6 Å². The van der Waals surface area contributed by atoms with E-state index in [1.165, 1.54) is 5.56 Å². The van der Waals surface area contributed by atoms with E-state index >= 15 is 0 Å². The third-order valence-electron chi connectivity index (χ3n) is 3.33. The lowest BCUT2D eigenvalue weighted by Gasteiger charge is -2.12. The number of amides is 1. The van der Waals surface area contributed by atoms with Gasteiger partial charge >= 0.3 is 0 Å². The second kappa shape index (κ2) is 6.88. The number of aromatic nitrogens is 1. The monoisotopic (exact) mass is 283 g/mol. The summed E-state index contributed by atoms with van der Waals surface area (Å²) >= 11 is 0. The van der Waals surface area contributed by atoms with Crippen LogP contribution in [0.25, 0.3) is 0 Å². The Bertz CT molecular complexity index is 608. The van der Waals surface area contributed by atoms with Crippen molar-refractivity contribution in [2.45, 2.75) is 33.2 Å². The summed E-state index contributed by atoms with van der Waals surface area (Å²) in [5.41, 5.74) is 3.55. The summed E-state index contributed by atoms with van der Waals surface area (Å²) in [6.07, 6.45) is 4.19. The van der Waals surface area contributed by atoms with Crippen LogP contribution < -0.4 is 10.6 Å². The Morgan fingerprint density at radius 1 is 1.19 bits per heavy atom. The molecule has 0 aliphatic rings. The van der Waals surface area contributed by atoms with Crippen molar-refractivity contribution in [2.24, 2.45) is 0 Å². The Morgan fingerprint density at radius 3 is 2.57 bits per heavy atom. The molecule has 21 heavy (non-hydrogen) atoms. The van der Waals surface area contributed by atoms with E-state index in [-0.39, 0.29) is 11.9 Å². The van der Waals surface area contributed by atoms with Crippen molar-refractivity contribution in [3.8, 4) is 0 Å². The van der Waals surface area contributed by atoms with Gasteiger partial charge in [-0.2, -0.15) is 0 Å². The molecule has 4 heteroatoms. The average Bonchev–Trinajstić information content (AvgIpc) is 2.49. The van der Waals surface area contributed by atoms with Crippen LogP contribution >= 0.6 is 0 Å². The molecule has 0 fully saturated rings. The van der Waals surface area contributed by atoms with E-state index in [9.17, 15) is 4.79 Å². The highest BCUT2D eigenvalue weighted by atomic mass is 16.1. The Labute approximate surface area is 125 Å². The third-order valence-corrected chi connectivity index (χ3v) is 3.33. The smallest absolute Gasteiger partial charge is 0.253 e. The van der Waals surface area contributed by atoms with Gasteiger partial charge in [-0.25, -0.2) is 0 Å². The Morgan fingerprint density at radius 2 is 1.90 bits per heavy atom.